The molecule has 1 aromatic heterocycles. The topological polar surface area (TPSA) is 137 Å². The zero-order chi connectivity index (χ0) is 35.9. The van der Waals surface area contributed by atoms with Crippen LogP contribution >= 0.6 is 0 Å². The van der Waals surface area contributed by atoms with Crippen molar-refractivity contribution < 1.29 is 28.6 Å². The van der Waals surface area contributed by atoms with Crippen molar-refractivity contribution in [3.63, 3.8) is 0 Å². The monoisotopic (exact) mass is 696 g/mol. The second-order valence-electron chi connectivity index (χ2n) is 13.8. The summed E-state index contributed by atoms with van der Waals surface area (Å²) in [7, 11) is 4.70. The van der Waals surface area contributed by atoms with Crippen LogP contribution in [0.5, 0.6) is 17.2 Å². The molecule has 51 heavy (non-hydrogen) atoms. The Balaban J connectivity index is 1.47. The summed E-state index contributed by atoms with van der Waals surface area (Å²) in [6.07, 6.45) is 6.82. The van der Waals surface area contributed by atoms with E-state index in [0.29, 0.717) is 59.1 Å². The predicted octanol–water partition coefficient (Wildman–Crippen LogP) is 4.92. The van der Waals surface area contributed by atoms with E-state index in [9.17, 15) is 19.6 Å². The highest BCUT2D eigenvalue weighted by molar-refractivity contribution is 5.97. The molecule has 1 unspecified atom stereocenters. The summed E-state index contributed by atoms with van der Waals surface area (Å²) in [6.45, 7) is 2.84. The van der Waals surface area contributed by atoms with Crippen molar-refractivity contribution >= 4 is 34.4 Å². The highest BCUT2D eigenvalue weighted by Gasteiger charge is 2.30. The predicted molar refractivity (Wildman–Crippen MR) is 193 cm³/mol. The fourth-order valence-corrected chi connectivity index (χ4v) is 7.81. The number of methoxy groups -OCH3 is 3. The maximum Gasteiger partial charge on any atom is 0.255 e. The van der Waals surface area contributed by atoms with Gasteiger partial charge >= 0.3 is 0 Å². The van der Waals surface area contributed by atoms with Gasteiger partial charge in [-0.2, -0.15) is 5.26 Å². The van der Waals surface area contributed by atoms with E-state index >= 15 is 0 Å². The van der Waals surface area contributed by atoms with Crippen LogP contribution < -0.4 is 24.4 Å². The second kappa shape index (κ2) is 16.3. The molecule has 2 fully saturated rings. The molecule has 1 N–H and O–H groups in total. The lowest BCUT2D eigenvalue weighted by Gasteiger charge is -2.36. The molecule has 2 bridgehead atoms. The Bertz CT molecular complexity index is 1800. The van der Waals surface area contributed by atoms with E-state index in [1.807, 2.05) is 12.1 Å². The Kier molecular flexibility index (Phi) is 11.4. The number of benzene rings is 2. The Hall–Kier alpha value is -5.05. The minimum absolute atomic E-state index is 0.00430. The van der Waals surface area contributed by atoms with Crippen molar-refractivity contribution in [2.45, 2.75) is 57.9 Å². The summed E-state index contributed by atoms with van der Waals surface area (Å²) in [5, 5.41) is 13.8. The number of hydrogen-bond donors (Lipinski definition) is 1. The highest BCUT2D eigenvalue weighted by Crippen LogP contribution is 2.44. The number of nitrogens with one attached hydrogen (secondary N) is 1. The van der Waals surface area contributed by atoms with Crippen LogP contribution in [0.2, 0.25) is 0 Å². The molecule has 12 nitrogen and oxygen atoms in total. The third-order valence-electron chi connectivity index (χ3n) is 10.6. The first kappa shape index (κ1) is 35.8. The van der Waals surface area contributed by atoms with E-state index in [1.165, 1.54) is 0 Å². The summed E-state index contributed by atoms with van der Waals surface area (Å²) < 4.78 is 17.2. The van der Waals surface area contributed by atoms with Gasteiger partial charge in [0, 0.05) is 75.7 Å². The standard InChI is InChI=1S/C39H48N6O6/c1-49-33-21-32-31(36(50-2)37(33)51-3)20-29-25-45(39(48)30-13-7-6-12-28(30)22-40)18-17-43(35(47)19-26-9-4-5-10-26)16-14-34(46)41-23-27-11-8-15-44(24-27)38(29)42-32/h6-7,12-13,20-21,26-27H,4-5,8-11,14-19,23-25H2,1-3H3,(H,41,46). The Morgan fingerprint density at radius 1 is 0.941 bits per heavy atom. The summed E-state index contributed by atoms with van der Waals surface area (Å²) >= 11 is 0. The zero-order valence-corrected chi connectivity index (χ0v) is 29.9. The Morgan fingerprint density at radius 3 is 2.45 bits per heavy atom. The van der Waals surface area contributed by atoms with E-state index in [4.69, 9.17) is 19.2 Å². The van der Waals surface area contributed by atoms with Gasteiger partial charge in [-0.15, -0.1) is 0 Å². The third-order valence-corrected chi connectivity index (χ3v) is 10.6. The highest BCUT2D eigenvalue weighted by atomic mass is 16.5. The summed E-state index contributed by atoms with van der Waals surface area (Å²) in [4.78, 5) is 52.3. The number of carbonyl (C=O) groups excluding carboxylic acids is 3. The number of amides is 3. The van der Waals surface area contributed by atoms with Gasteiger partial charge in [-0.1, -0.05) is 25.0 Å². The van der Waals surface area contributed by atoms with Gasteiger partial charge in [-0.05, 0) is 55.7 Å². The molecule has 270 valence electrons. The van der Waals surface area contributed by atoms with Gasteiger partial charge in [0.25, 0.3) is 5.91 Å². The molecule has 6 rings (SSSR count). The van der Waals surface area contributed by atoms with Crippen molar-refractivity contribution in [1.29, 1.82) is 5.26 Å². The quantitative estimate of drug-likeness (QED) is 0.381. The zero-order valence-electron chi connectivity index (χ0n) is 29.9. The third kappa shape index (κ3) is 7.98. The lowest BCUT2D eigenvalue weighted by atomic mass is 9.97. The SMILES string of the molecule is COc1cc2nc3c(cc2c(OC)c1OC)CN(C(=O)c1ccccc1C#N)CCN(C(=O)CC1CCCC1)CCC(=O)NCC1CCCN3C1. The lowest BCUT2D eigenvalue weighted by Crippen LogP contribution is -2.43. The van der Waals surface area contributed by atoms with E-state index in [-0.39, 0.29) is 61.8 Å². The van der Waals surface area contributed by atoms with Gasteiger partial charge in [0.2, 0.25) is 17.6 Å². The molecule has 3 amide bonds. The number of carbonyl (C=O) groups is 3. The molecule has 1 saturated heterocycles. The molecule has 0 radical (unpaired) electrons. The number of hydrogen-bond acceptors (Lipinski definition) is 9. The van der Waals surface area contributed by atoms with Crippen molar-refractivity contribution in [2.24, 2.45) is 11.8 Å². The first-order valence-corrected chi connectivity index (χ1v) is 18.0. The second-order valence-corrected chi connectivity index (χ2v) is 13.8. The molecule has 3 aromatic rings. The van der Waals surface area contributed by atoms with Gasteiger partial charge < -0.3 is 34.2 Å². The number of anilines is 1. The van der Waals surface area contributed by atoms with Crippen LogP contribution in [0.4, 0.5) is 5.82 Å². The molecule has 2 aromatic carbocycles. The number of ether oxygens (including phenoxy) is 3. The van der Waals surface area contributed by atoms with Gasteiger partial charge in [-0.3, -0.25) is 14.4 Å². The largest absolute Gasteiger partial charge is 0.493 e. The maximum absolute atomic E-state index is 14.5. The molecule has 12 heteroatoms. The maximum atomic E-state index is 14.5. The first-order valence-electron chi connectivity index (χ1n) is 18.0. The number of rotatable bonds is 6. The van der Waals surface area contributed by atoms with Crippen LogP contribution in [0.15, 0.2) is 36.4 Å². The normalized spacial score (nSPS) is 19.0. The number of pyridine rings is 1. The van der Waals surface area contributed by atoms with E-state index in [1.54, 1.807) is 55.4 Å². The molecule has 2 aliphatic heterocycles. The number of nitrogens with zero attached hydrogens (tertiary/aromatic N) is 5. The van der Waals surface area contributed by atoms with Gasteiger partial charge in [0.1, 0.15) is 5.82 Å². The van der Waals surface area contributed by atoms with Gasteiger partial charge in [-0.25, -0.2) is 4.98 Å². The summed E-state index contributed by atoms with van der Waals surface area (Å²) in [6, 6.07) is 12.8. The van der Waals surface area contributed by atoms with E-state index in [0.717, 1.165) is 56.5 Å². The van der Waals surface area contributed by atoms with Crippen molar-refractivity contribution in [1.82, 2.24) is 20.1 Å². The van der Waals surface area contributed by atoms with E-state index in [2.05, 4.69) is 16.3 Å². The number of fused-ring (bicyclic) bond motifs is 5. The number of piperidine rings is 1. The van der Waals surface area contributed by atoms with Crippen LogP contribution in [0, 0.1) is 23.2 Å². The van der Waals surface area contributed by atoms with Crippen molar-refractivity contribution in [2.75, 3.05) is 65.5 Å². The molecule has 1 atom stereocenters. The average Bonchev–Trinajstić information content (AvgIpc) is 3.67. The first-order chi connectivity index (χ1) is 24.8. The van der Waals surface area contributed by atoms with Crippen molar-refractivity contribution in [3.8, 4) is 23.3 Å². The fraction of sp³-hybridized carbons (Fsp3) is 0.513. The fourth-order valence-electron chi connectivity index (χ4n) is 7.81. The number of nitriles is 1. The Labute approximate surface area is 299 Å². The van der Waals surface area contributed by atoms with Crippen LogP contribution in [-0.2, 0) is 16.1 Å². The van der Waals surface area contributed by atoms with Crippen LogP contribution in [0.1, 0.15) is 72.9 Å². The molecule has 3 heterocycles. The van der Waals surface area contributed by atoms with E-state index < -0.39 is 0 Å². The molecular weight excluding hydrogens is 648 g/mol. The van der Waals surface area contributed by atoms with Crippen molar-refractivity contribution in [3.05, 3.63) is 53.1 Å². The molecular formula is C39H48N6O6. The molecule has 0 spiro atoms. The number of aromatic nitrogens is 1. The van der Waals surface area contributed by atoms with Crippen LogP contribution in [0.3, 0.4) is 0 Å². The van der Waals surface area contributed by atoms with Gasteiger partial charge in [0.15, 0.2) is 11.5 Å². The minimum atomic E-state index is -0.320. The molecule has 1 saturated carbocycles. The minimum Gasteiger partial charge on any atom is -0.493 e. The molecule has 3 aliphatic rings. The summed E-state index contributed by atoms with van der Waals surface area (Å²) in [5.41, 5.74) is 2.00. The van der Waals surface area contributed by atoms with Crippen LogP contribution in [0.25, 0.3) is 10.9 Å². The summed E-state index contributed by atoms with van der Waals surface area (Å²) in [5.74, 6) is 2.24. The average molecular weight is 697 g/mol. The molecule has 1 aliphatic carbocycles. The lowest BCUT2D eigenvalue weighted by molar-refractivity contribution is -0.133. The van der Waals surface area contributed by atoms with Gasteiger partial charge in [0.05, 0.1) is 44.0 Å². The Morgan fingerprint density at radius 2 is 1.71 bits per heavy atom. The van der Waals surface area contributed by atoms with Crippen LogP contribution in [-0.4, -0.2) is 93.1 Å². The smallest absolute Gasteiger partial charge is 0.255 e.